The Labute approximate surface area is 97.8 Å². The molecule has 4 nitrogen and oxygen atoms in total. The molecule has 0 spiro atoms. The van der Waals surface area contributed by atoms with Gasteiger partial charge in [-0.2, -0.15) is 0 Å². The lowest BCUT2D eigenvalue weighted by atomic mass is 10.2. The molecule has 0 aromatic heterocycles. The first kappa shape index (κ1) is 11.9. The van der Waals surface area contributed by atoms with E-state index in [1.54, 1.807) is 0 Å². The summed E-state index contributed by atoms with van der Waals surface area (Å²) in [5, 5.41) is 0. The van der Waals surface area contributed by atoms with E-state index < -0.39 is 0 Å². The van der Waals surface area contributed by atoms with Gasteiger partial charge in [-0.1, -0.05) is 12.8 Å². The molecule has 0 radical (unpaired) electrons. The zero-order chi connectivity index (χ0) is 11.4. The van der Waals surface area contributed by atoms with Gasteiger partial charge in [-0.15, -0.1) is 0 Å². The van der Waals surface area contributed by atoms with Crippen LogP contribution in [0.15, 0.2) is 0 Å². The van der Waals surface area contributed by atoms with Gasteiger partial charge in [-0.3, -0.25) is 9.69 Å². The predicted octanol–water partition coefficient (Wildman–Crippen LogP) is 0.422. The molecule has 0 saturated carbocycles. The van der Waals surface area contributed by atoms with Crippen molar-refractivity contribution in [2.75, 3.05) is 32.7 Å². The smallest absolute Gasteiger partial charge is 0.236 e. The third-order valence-corrected chi connectivity index (χ3v) is 3.63. The van der Waals surface area contributed by atoms with E-state index in [-0.39, 0.29) is 6.04 Å². The maximum Gasteiger partial charge on any atom is 0.236 e. The summed E-state index contributed by atoms with van der Waals surface area (Å²) in [4.78, 5) is 16.3. The zero-order valence-electron chi connectivity index (χ0n) is 10.0. The highest BCUT2D eigenvalue weighted by molar-refractivity contribution is 5.78. The third-order valence-electron chi connectivity index (χ3n) is 3.63. The van der Waals surface area contributed by atoms with Gasteiger partial charge in [0, 0.05) is 32.2 Å². The number of rotatable bonds is 2. The van der Waals surface area contributed by atoms with Crippen molar-refractivity contribution in [2.24, 2.45) is 5.73 Å². The quantitative estimate of drug-likeness (QED) is 0.741. The molecule has 1 amide bonds. The summed E-state index contributed by atoms with van der Waals surface area (Å²) in [7, 11) is 0. The van der Waals surface area contributed by atoms with E-state index in [1.807, 2.05) is 4.90 Å². The number of amides is 1. The van der Waals surface area contributed by atoms with Crippen LogP contribution < -0.4 is 5.73 Å². The summed E-state index contributed by atoms with van der Waals surface area (Å²) in [6.07, 6.45) is 5.93. The van der Waals surface area contributed by atoms with Crippen LogP contribution in [0.3, 0.4) is 0 Å². The van der Waals surface area contributed by atoms with Crippen molar-refractivity contribution < 1.29 is 4.79 Å². The third kappa shape index (κ3) is 3.19. The SMILES string of the molecule is N[C@H]1CCN(CC(=O)N2CCCCCC2)C1. The Morgan fingerprint density at radius 2 is 1.81 bits per heavy atom. The summed E-state index contributed by atoms with van der Waals surface area (Å²) >= 11 is 0. The molecule has 4 heteroatoms. The van der Waals surface area contributed by atoms with Crippen LogP contribution in [-0.2, 0) is 4.79 Å². The normalized spacial score (nSPS) is 28.1. The van der Waals surface area contributed by atoms with Gasteiger partial charge in [0.25, 0.3) is 0 Å². The van der Waals surface area contributed by atoms with Crippen LogP contribution in [0.1, 0.15) is 32.1 Å². The van der Waals surface area contributed by atoms with Crippen LogP contribution in [-0.4, -0.2) is 54.5 Å². The summed E-state index contributed by atoms with van der Waals surface area (Å²) < 4.78 is 0. The Hall–Kier alpha value is -0.610. The number of hydrogen-bond donors (Lipinski definition) is 1. The molecular formula is C12H23N3O. The molecule has 0 unspecified atom stereocenters. The van der Waals surface area contributed by atoms with E-state index in [0.717, 1.165) is 32.6 Å². The number of nitrogens with zero attached hydrogens (tertiary/aromatic N) is 2. The Balaban J connectivity index is 1.77. The second-order valence-corrected chi connectivity index (χ2v) is 5.08. The van der Waals surface area contributed by atoms with Gasteiger partial charge in [0.2, 0.25) is 5.91 Å². The van der Waals surface area contributed by atoms with E-state index >= 15 is 0 Å². The van der Waals surface area contributed by atoms with Crippen LogP contribution in [0.2, 0.25) is 0 Å². The van der Waals surface area contributed by atoms with Crippen molar-refractivity contribution in [3.05, 3.63) is 0 Å². The Morgan fingerprint density at radius 1 is 1.12 bits per heavy atom. The topological polar surface area (TPSA) is 49.6 Å². The zero-order valence-corrected chi connectivity index (χ0v) is 10.0. The van der Waals surface area contributed by atoms with E-state index in [9.17, 15) is 4.79 Å². The molecule has 16 heavy (non-hydrogen) atoms. The van der Waals surface area contributed by atoms with E-state index in [2.05, 4.69) is 4.90 Å². The van der Waals surface area contributed by atoms with Crippen molar-refractivity contribution in [2.45, 2.75) is 38.1 Å². The van der Waals surface area contributed by atoms with Crippen molar-refractivity contribution in [1.82, 2.24) is 9.80 Å². The monoisotopic (exact) mass is 225 g/mol. The molecule has 0 aromatic carbocycles. The molecule has 2 aliphatic rings. The van der Waals surface area contributed by atoms with Crippen molar-refractivity contribution in [1.29, 1.82) is 0 Å². The van der Waals surface area contributed by atoms with Crippen LogP contribution in [0.25, 0.3) is 0 Å². The molecule has 92 valence electrons. The largest absolute Gasteiger partial charge is 0.342 e. The van der Waals surface area contributed by atoms with Gasteiger partial charge in [0.1, 0.15) is 0 Å². The van der Waals surface area contributed by atoms with Gasteiger partial charge in [0.05, 0.1) is 6.54 Å². The van der Waals surface area contributed by atoms with Gasteiger partial charge in [-0.05, 0) is 19.3 Å². The molecule has 0 aromatic rings. The molecule has 2 heterocycles. The van der Waals surface area contributed by atoms with E-state index in [4.69, 9.17) is 5.73 Å². The predicted molar refractivity (Wildman–Crippen MR) is 64.1 cm³/mol. The fourth-order valence-electron chi connectivity index (χ4n) is 2.62. The second-order valence-electron chi connectivity index (χ2n) is 5.08. The molecule has 2 aliphatic heterocycles. The average molecular weight is 225 g/mol. The lowest BCUT2D eigenvalue weighted by molar-refractivity contribution is -0.132. The van der Waals surface area contributed by atoms with Crippen molar-refractivity contribution >= 4 is 5.91 Å². The number of carbonyl (C=O) groups excluding carboxylic acids is 1. The summed E-state index contributed by atoms with van der Waals surface area (Å²) in [5.41, 5.74) is 5.84. The Morgan fingerprint density at radius 3 is 2.38 bits per heavy atom. The first-order valence-electron chi connectivity index (χ1n) is 6.51. The fraction of sp³-hybridized carbons (Fsp3) is 0.917. The minimum atomic E-state index is 0.275. The van der Waals surface area contributed by atoms with E-state index in [0.29, 0.717) is 12.5 Å². The molecule has 0 bridgehead atoms. The van der Waals surface area contributed by atoms with Gasteiger partial charge >= 0.3 is 0 Å². The van der Waals surface area contributed by atoms with Crippen LogP contribution >= 0.6 is 0 Å². The van der Waals surface area contributed by atoms with E-state index in [1.165, 1.54) is 25.7 Å². The number of nitrogens with two attached hydrogens (primary N) is 1. The Bertz CT molecular complexity index is 236. The van der Waals surface area contributed by atoms with Crippen molar-refractivity contribution in [3.63, 3.8) is 0 Å². The van der Waals surface area contributed by atoms with Crippen LogP contribution in [0.5, 0.6) is 0 Å². The highest BCUT2D eigenvalue weighted by Crippen LogP contribution is 2.11. The lowest BCUT2D eigenvalue weighted by Gasteiger charge is -2.23. The Kier molecular flexibility index (Phi) is 4.18. The number of likely N-dealkylation sites (tertiary alicyclic amines) is 2. The van der Waals surface area contributed by atoms with Crippen molar-refractivity contribution in [3.8, 4) is 0 Å². The maximum atomic E-state index is 12.1. The molecule has 1 atom stereocenters. The molecule has 2 N–H and O–H groups in total. The minimum Gasteiger partial charge on any atom is -0.342 e. The summed E-state index contributed by atoms with van der Waals surface area (Å²) in [6.45, 7) is 4.37. The first-order chi connectivity index (χ1) is 7.75. The second kappa shape index (κ2) is 5.64. The van der Waals surface area contributed by atoms with Gasteiger partial charge in [-0.25, -0.2) is 0 Å². The molecule has 2 rings (SSSR count). The molecule has 2 saturated heterocycles. The number of carbonyl (C=O) groups is 1. The average Bonchev–Trinajstić information content (AvgIpc) is 2.56. The van der Waals surface area contributed by atoms with Crippen LogP contribution in [0.4, 0.5) is 0 Å². The molecule has 0 aliphatic carbocycles. The summed E-state index contributed by atoms with van der Waals surface area (Å²) in [5.74, 6) is 0.302. The van der Waals surface area contributed by atoms with Crippen LogP contribution in [0, 0.1) is 0 Å². The first-order valence-corrected chi connectivity index (χ1v) is 6.51. The standard InChI is InChI=1S/C12H23N3O/c13-11-5-8-14(9-11)10-12(16)15-6-3-1-2-4-7-15/h11H,1-10,13H2/t11-/m0/s1. The fourth-order valence-corrected chi connectivity index (χ4v) is 2.62. The highest BCUT2D eigenvalue weighted by Gasteiger charge is 2.23. The molecular weight excluding hydrogens is 202 g/mol. The van der Waals surface area contributed by atoms with Gasteiger partial charge in [0.15, 0.2) is 0 Å². The summed E-state index contributed by atoms with van der Waals surface area (Å²) in [6, 6.07) is 0.275. The minimum absolute atomic E-state index is 0.275. The molecule has 2 fully saturated rings. The van der Waals surface area contributed by atoms with Gasteiger partial charge < -0.3 is 10.6 Å². The lowest BCUT2D eigenvalue weighted by Crippen LogP contribution is -2.40. The maximum absolute atomic E-state index is 12.1. The number of hydrogen-bond acceptors (Lipinski definition) is 3. The highest BCUT2D eigenvalue weighted by atomic mass is 16.2.